The van der Waals surface area contributed by atoms with E-state index < -0.39 is 13.2 Å². The first-order chi connectivity index (χ1) is 9.63. The molecule has 0 fully saturated rings. The first kappa shape index (κ1) is 18.6. The molecular formula is C11H13BF4N2O3. The van der Waals surface area contributed by atoms with Gasteiger partial charge in [-0.3, -0.25) is 4.79 Å². The van der Waals surface area contributed by atoms with Crippen molar-refractivity contribution < 1.29 is 36.6 Å². The second kappa shape index (κ2) is 8.72. The third-order valence-corrected chi connectivity index (χ3v) is 1.76. The van der Waals surface area contributed by atoms with Gasteiger partial charge in [0.2, 0.25) is 5.91 Å². The van der Waals surface area contributed by atoms with Crippen molar-refractivity contribution in [3.05, 3.63) is 35.8 Å². The highest BCUT2D eigenvalue weighted by Gasteiger charge is 2.20. The number of hydrogen-bond donors (Lipinski definition) is 1. The molecular weight excluding hydrogens is 295 g/mol. The van der Waals surface area contributed by atoms with E-state index in [1.165, 1.54) is 20.1 Å². The molecule has 0 saturated heterocycles. The van der Waals surface area contributed by atoms with Crippen LogP contribution in [-0.2, 0) is 14.3 Å². The van der Waals surface area contributed by atoms with Gasteiger partial charge in [0, 0.05) is 18.6 Å². The number of amides is 1. The van der Waals surface area contributed by atoms with Gasteiger partial charge in [-0.25, -0.2) is 9.78 Å². The van der Waals surface area contributed by atoms with Gasteiger partial charge in [-0.2, -0.15) is 0 Å². The lowest BCUT2D eigenvalue weighted by Crippen LogP contribution is -2.25. The number of hydrogen-bond acceptors (Lipinski definition) is 3. The van der Waals surface area contributed by atoms with Crippen molar-refractivity contribution in [2.24, 2.45) is 0 Å². The predicted molar refractivity (Wildman–Crippen MR) is 67.0 cm³/mol. The molecule has 1 aromatic heterocycles. The minimum atomic E-state index is -6.00. The Kier molecular flexibility index (Phi) is 7.73. The van der Waals surface area contributed by atoms with Crippen LogP contribution in [0.4, 0.5) is 17.3 Å². The van der Waals surface area contributed by atoms with Crippen molar-refractivity contribution in [2.75, 3.05) is 7.11 Å². The number of aromatic amines is 1. The lowest BCUT2D eigenvalue weighted by molar-refractivity contribution is -0.378. The number of halogens is 4. The third kappa shape index (κ3) is 11.2. The first-order valence-corrected chi connectivity index (χ1v) is 5.54. The van der Waals surface area contributed by atoms with Crippen LogP contribution in [0.1, 0.15) is 12.5 Å². The largest absolute Gasteiger partial charge is 0.673 e. The summed E-state index contributed by atoms with van der Waals surface area (Å²) in [6, 6.07) is 3.58. The van der Waals surface area contributed by atoms with Crippen molar-refractivity contribution in [1.82, 2.24) is 5.32 Å². The summed E-state index contributed by atoms with van der Waals surface area (Å²) in [7, 11) is -4.74. The summed E-state index contributed by atoms with van der Waals surface area (Å²) in [6.45, 7) is 1.33. The summed E-state index contributed by atoms with van der Waals surface area (Å²) in [5.74, 6) is -0.907. The maximum Gasteiger partial charge on any atom is 0.673 e. The van der Waals surface area contributed by atoms with Gasteiger partial charge < -0.3 is 27.3 Å². The van der Waals surface area contributed by atoms with E-state index >= 15 is 0 Å². The third-order valence-electron chi connectivity index (χ3n) is 1.76. The average Bonchev–Trinajstić information content (AvgIpc) is 2.36. The van der Waals surface area contributed by atoms with Crippen LogP contribution in [0.2, 0.25) is 0 Å². The van der Waals surface area contributed by atoms with Crippen LogP contribution in [0.15, 0.2) is 30.2 Å². The highest BCUT2D eigenvalue weighted by Crippen LogP contribution is 2.06. The van der Waals surface area contributed by atoms with Crippen molar-refractivity contribution in [2.45, 2.75) is 6.92 Å². The molecule has 2 N–H and O–H groups in total. The van der Waals surface area contributed by atoms with Gasteiger partial charge in [0.15, 0.2) is 12.4 Å². The molecule has 21 heavy (non-hydrogen) atoms. The van der Waals surface area contributed by atoms with E-state index in [9.17, 15) is 26.9 Å². The summed E-state index contributed by atoms with van der Waals surface area (Å²) in [5, 5.41) is 2.41. The Bertz CT molecular complexity index is 500. The molecule has 116 valence electrons. The number of ether oxygens (including phenoxy) is 1. The summed E-state index contributed by atoms with van der Waals surface area (Å²) in [6.07, 6.45) is 4.97. The molecule has 1 heterocycles. The number of rotatable bonds is 3. The fraction of sp³-hybridized carbons (Fsp3) is 0.182. The Morgan fingerprint density at radius 1 is 1.33 bits per heavy atom. The van der Waals surface area contributed by atoms with Crippen LogP contribution in [-0.4, -0.2) is 26.2 Å². The van der Waals surface area contributed by atoms with Gasteiger partial charge >= 0.3 is 13.2 Å². The second-order valence-electron chi connectivity index (χ2n) is 3.56. The molecule has 0 unspecified atom stereocenters. The summed E-state index contributed by atoms with van der Waals surface area (Å²) in [4.78, 5) is 25.1. The molecule has 1 amide bonds. The maximum absolute atomic E-state index is 11.3. The van der Waals surface area contributed by atoms with E-state index in [0.29, 0.717) is 0 Å². The predicted octanol–water partition coefficient (Wildman–Crippen LogP) is 1.45. The quantitative estimate of drug-likeness (QED) is 0.398. The monoisotopic (exact) mass is 308 g/mol. The zero-order valence-electron chi connectivity index (χ0n) is 11.2. The van der Waals surface area contributed by atoms with Crippen LogP contribution >= 0.6 is 0 Å². The summed E-state index contributed by atoms with van der Waals surface area (Å²) in [5.41, 5.74) is 0.867. The molecule has 0 saturated carbocycles. The summed E-state index contributed by atoms with van der Waals surface area (Å²) >= 11 is 0. The number of H-pyrrole nitrogens is 1. The maximum atomic E-state index is 11.3. The van der Waals surface area contributed by atoms with Crippen LogP contribution in [0.25, 0.3) is 6.08 Å². The molecule has 0 aliphatic carbocycles. The molecule has 0 aromatic carbocycles. The highest BCUT2D eigenvalue weighted by molar-refractivity contribution is 6.50. The molecule has 5 nitrogen and oxygen atoms in total. The molecule has 10 heteroatoms. The van der Waals surface area contributed by atoms with Gasteiger partial charge in [0.05, 0.1) is 7.11 Å². The van der Waals surface area contributed by atoms with Crippen molar-refractivity contribution in [3.8, 4) is 0 Å². The average molecular weight is 308 g/mol. The molecule has 1 rings (SSSR count). The number of methoxy groups -OCH3 is 1. The Balaban J connectivity index is 0.000000690. The number of esters is 1. The Morgan fingerprint density at radius 3 is 2.29 bits per heavy atom. The normalized spacial score (nSPS) is 11.0. The van der Waals surface area contributed by atoms with Crippen molar-refractivity contribution >= 4 is 25.2 Å². The highest BCUT2D eigenvalue weighted by atomic mass is 19.5. The second-order valence-corrected chi connectivity index (χ2v) is 3.56. The van der Waals surface area contributed by atoms with Crippen LogP contribution in [0.3, 0.4) is 0 Å². The van der Waals surface area contributed by atoms with Crippen LogP contribution < -0.4 is 10.3 Å². The summed E-state index contributed by atoms with van der Waals surface area (Å²) < 4.78 is 43.6. The van der Waals surface area contributed by atoms with Gasteiger partial charge in [-0.15, -0.1) is 0 Å². The topological polar surface area (TPSA) is 69.5 Å². The smallest absolute Gasteiger partial charge is 0.464 e. The molecule has 0 bridgehead atoms. The lowest BCUT2D eigenvalue weighted by Gasteiger charge is -2.04. The van der Waals surface area contributed by atoms with E-state index in [1.54, 1.807) is 24.5 Å². The van der Waals surface area contributed by atoms with Crippen molar-refractivity contribution in [3.63, 3.8) is 0 Å². The molecule has 0 radical (unpaired) electrons. The Morgan fingerprint density at radius 2 is 1.90 bits per heavy atom. The van der Waals surface area contributed by atoms with E-state index in [1.807, 2.05) is 0 Å². The van der Waals surface area contributed by atoms with Crippen LogP contribution in [0, 0.1) is 0 Å². The fourth-order valence-corrected chi connectivity index (χ4v) is 1.11. The molecule has 0 spiro atoms. The van der Waals surface area contributed by atoms with E-state index in [4.69, 9.17) is 0 Å². The van der Waals surface area contributed by atoms with Crippen LogP contribution in [0.5, 0.6) is 0 Å². The lowest BCUT2D eigenvalue weighted by atomic mass is 10.2. The fourth-order valence-electron chi connectivity index (χ4n) is 1.11. The zero-order valence-corrected chi connectivity index (χ0v) is 11.2. The number of aromatic nitrogens is 1. The van der Waals surface area contributed by atoms with E-state index in [0.717, 1.165) is 5.56 Å². The minimum Gasteiger partial charge on any atom is -0.464 e. The standard InChI is InChI=1S/C11H12N2O3.BF4/c1-8(14)13-10(11(15)16-2)6-9-4-3-5-12-7-9;2-1(3,4)5/h3-7H,1-2H3,(H,13,14);/q;-1/p+1. The zero-order chi connectivity index (χ0) is 16.5. The Hall–Kier alpha value is -2.39. The van der Waals surface area contributed by atoms with Gasteiger partial charge in [-0.1, -0.05) is 0 Å². The molecule has 1 aromatic rings. The van der Waals surface area contributed by atoms with Gasteiger partial charge in [-0.05, 0) is 12.1 Å². The van der Waals surface area contributed by atoms with E-state index in [2.05, 4.69) is 15.0 Å². The van der Waals surface area contributed by atoms with Gasteiger partial charge in [0.25, 0.3) is 0 Å². The van der Waals surface area contributed by atoms with E-state index in [-0.39, 0.29) is 11.6 Å². The molecule has 0 aliphatic heterocycles. The number of nitrogens with one attached hydrogen (secondary N) is 2. The molecule has 0 atom stereocenters. The number of carbonyl (C=O) groups excluding carboxylic acids is 2. The van der Waals surface area contributed by atoms with Gasteiger partial charge in [0.1, 0.15) is 5.70 Å². The number of pyridine rings is 1. The Labute approximate surface area is 118 Å². The number of carbonyl (C=O) groups is 2. The molecule has 0 aliphatic rings. The SMILES string of the molecule is COC(=O)C(=Cc1ccc[nH+]c1)NC(C)=O.F[B-](F)(F)F. The van der Waals surface area contributed by atoms with Crippen molar-refractivity contribution in [1.29, 1.82) is 0 Å². The minimum absolute atomic E-state index is 0.106. The first-order valence-electron chi connectivity index (χ1n) is 5.54.